The van der Waals surface area contributed by atoms with Gasteiger partial charge in [0.1, 0.15) is 11.9 Å². The summed E-state index contributed by atoms with van der Waals surface area (Å²) in [4.78, 5) is 0. The largest absolute Gasteiger partial charge is 0.494 e. The highest BCUT2D eigenvalue weighted by Crippen LogP contribution is 2.08. The van der Waals surface area contributed by atoms with Crippen molar-refractivity contribution in [2.24, 2.45) is 0 Å². The summed E-state index contributed by atoms with van der Waals surface area (Å²) in [5.41, 5.74) is 0. The SMILES string of the molecule is OC(CNCCCOc1ccccc1)C(F)F. The Balaban J connectivity index is 1.98. The Bertz CT molecular complexity index is 296. The number of alkyl halides is 2. The monoisotopic (exact) mass is 245 g/mol. The lowest BCUT2D eigenvalue weighted by Crippen LogP contribution is -2.32. The first kappa shape index (κ1) is 13.9. The van der Waals surface area contributed by atoms with Crippen LogP contribution in [0.15, 0.2) is 30.3 Å². The van der Waals surface area contributed by atoms with Crippen LogP contribution in [0.1, 0.15) is 6.42 Å². The van der Waals surface area contributed by atoms with Gasteiger partial charge in [0.15, 0.2) is 0 Å². The molecule has 96 valence electrons. The van der Waals surface area contributed by atoms with Crippen molar-refractivity contribution in [1.29, 1.82) is 0 Å². The normalized spacial score (nSPS) is 12.7. The third-order valence-corrected chi connectivity index (χ3v) is 2.15. The fourth-order valence-corrected chi connectivity index (χ4v) is 1.24. The van der Waals surface area contributed by atoms with Crippen LogP contribution in [0.25, 0.3) is 0 Å². The van der Waals surface area contributed by atoms with Gasteiger partial charge in [-0.25, -0.2) is 8.78 Å². The number of rotatable bonds is 8. The van der Waals surface area contributed by atoms with Gasteiger partial charge in [-0.15, -0.1) is 0 Å². The molecule has 3 nitrogen and oxygen atoms in total. The number of aliphatic hydroxyl groups excluding tert-OH is 1. The van der Waals surface area contributed by atoms with Crippen molar-refractivity contribution >= 4 is 0 Å². The predicted octanol–water partition coefficient (Wildman–Crippen LogP) is 1.67. The second-order valence-electron chi connectivity index (χ2n) is 3.62. The topological polar surface area (TPSA) is 41.5 Å². The molecule has 0 saturated heterocycles. The number of nitrogens with one attached hydrogen (secondary N) is 1. The van der Waals surface area contributed by atoms with E-state index in [0.29, 0.717) is 19.6 Å². The van der Waals surface area contributed by atoms with E-state index >= 15 is 0 Å². The molecule has 0 heterocycles. The number of para-hydroxylation sites is 1. The van der Waals surface area contributed by atoms with Gasteiger partial charge in [-0.3, -0.25) is 0 Å². The number of ether oxygens (including phenoxy) is 1. The van der Waals surface area contributed by atoms with Gasteiger partial charge in [-0.2, -0.15) is 0 Å². The van der Waals surface area contributed by atoms with Gasteiger partial charge in [0.05, 0.1) is 6.61 Å². The molecule has 0 aromatic heterocycles. The first-order valence-electron chi connectivity index (χ1n) is 5.55. The molecule has 0 bridgehead atoms. The summed E-state index contributed by atoms with van der Waals surface area (Å²) in [6.07, 6.45) is -3.58. The van der Waals surface area contributed by atoms with Crippen molar-refractivity contribution < 1.29 is 18.6 Å². The van der Waals surface area contributed by atoms with Gasteiger partial charge in [0, 0.05) is 6.54 Å². The minimum atomic E-state index is -2.69. The summed E-state index contributed by atoms with van der Waals surface area (Å²) in [5.74, 6) is 0.792. The van der Waals surface area contributed by atoms with Crippen molar-refractivity contribution in [3.05, 3.63) is 30.3 Å². The maximum absolute atomic E-state index is 11.9. The Morgan fingerprint density at radius 3 is 2.59 bits per heavy atom. The standard InChI is InChI=1S/C12H17F2NO2/c13-12(14)11(16)9-15-7-4-8-17-10-5-2-1-3-6-10/h1-3,5-6,11-12,15-16H,4,7-9H2. The van der Waals surface area contributed by atoms with E-state index in [1.54, 1.807) is 0 Å². The van der Waals surface area contributed by atoms with Crippen molar-refractivity contribution in [2.75, 3.05) is 19.7 Å². The van der Waals surface area contributed by atoms with E-state index < -0.39 is 12.5 Å². The fraction of sp³-hybridized carbons (Fsp3) is 0.500. The minimum absolute atomic E-state index is 0.0942. The van der Waals surface area contributed by atoms with E-state index in [9.17, 15) is 8.78 Å². The van der Waals surface area contributed by atoms with E-state index in [0.717, 1.165) is 5.75 Å². The molecule has 0 aliphatic heterocycles. The molecule has 0 aliphatic carbocycles. The highest BCUT2D eigenvalue weighted by Gasteiger charge is 2.15. The van der Waals surface area contributed by atoms with Crippen molar-refractivity contribution in [3.8, 4) is 5.75 Å². The lowest BCUT2D eigenvalue weighted by Gasteiger charge is -2.10. The molecule has 1 aromatic rings. The molecule has 1 unspecified atom stereocenters. The van der Waals surface area contributed by atoms with Gasteiger partial charge >= 0.3 is 0 Å². The lowest BCUT2D eigenvalue weighted by molar-refractivity contribution is -0.00324. The van der Waals surface area contributed by atoms with Crippen molar-refractivity contribution in [2.45, 2.75) is 19.0 Å². The summed E-state index contributed by atoms with van der Waals surface area (Å²) < 4.78 is 29.2. The van der Waals surface area contributed by atoms with E-state index in [2.05, 4.69) is 5.32 Å². The number of hydrogen-bond donors (Lipinski definition) is 2. The highest BCUT2D eigenvalue weighted by molar-refractivity contribution is 5.20. The third kappa shape index (κ3) is 6.19. The quantitative estimate of drug-likeness (QED) is 0.685. The molecule has 5 heteroatoms. The Morgan fingerprint density at radius 2 is 1.94 bits per heavy atom. The Hall–Kier alpha value is -1.20. The summed E-state index contributed by atoms with van der Waals surface area (Å²) in [7, 11) is 0. The van der Waals surface area contributed by atoms with Gasteiger partial charge in [-0.1, -0.05) is 18.2 Å². The fourth-order valence-electron chi connectivity index (χ4n) is 1.24. The average Bonchev–Trinajstić information content (AvgIpc) is 2.34. The van der Waals surface area contributed by atoms with Crippen molar-refractivity contribution in [3.63, 3.8) is 0 Å². The zero-order valence-corrected chi connectivity index (χ0v) is 9.48. The number of halogens is 2. The second-order valence-corrected chi connectivity index (χ2v) is 3.62. The second kappa shape index (κ2) is 7.97. The molecular weight excluding hydrogens is 228 g/mol. The lowest BCUT2D eigenvalue weighted by atomic mass is 10.3. The van der Waals surface area contributed by atoms with Crippen LogP contribution in [-0.4, -0.2) is 37.3 Å². The van der Waals surface area contributed by atoms with Gasteiger partial charge < -0.3 is 15.2 Å². The smallest absolute Gasteiger partial charge is 0.265 e. The first-order valence-corrected chi connectivity index (χ1v) is 5.55. The first-order chi connectivity index (χ1) is 8.20. The predicted molar refractivity (Wildman–Crippen MR) is 61.4 cm³/mol. The maximum Gasteiger partial charge on any atom is 0.265 e. The van der Waals surface area contributed by atoms with E-state index in [1.807, 2.05) is 30.3 Å². The molecule has 0 aliphatic rings. The molecule has 0 radical (unpaired) electrons. The van der Waals surface area contributed by atoms with Gasteiger partial charge in [0.2, 0.25) is 0 Å². The highest BCUT2D eigenvalue weighted by atomic mass is 19.3. The molecule has 1 atom stereocenters. The molecule has 0 amide bonds. The van der Waals surface area contributed by atoms with E-state index in [4.69, 9.17) is 9.84 Å². The van der Waals surface area contributed by atoms with Crippen LogP contribution < -0.4 is 10.1 Å². The zero-order chi connectivity index (χ0) is 12.5. The molecular formula is C12H17F2NO2. The number of hydrogen-bond acceptors (Lipinski definition) is 3. The molecule has 1 rings (SSSR count). The maximum atomic E-state index is 11.9. The average molecular weight is 245 g/mol. The van der Waals surface area contributed by atoms with Crippen LogP contribution >= 0.6 is 0 Å². The van der Waals surface area contributed by atoms with Crippen LogP contribution in [0.3, 0.4) is 0 Å². The third-order valence-electron chi connectivity index (χ3n) is 2.15. The van der Waals surface area contributed by atoms with Crippen LogP contribution in [0.2, 0.25) is 0 Å². The Kier molecular flexibility index (Phi) is 6.50. The van der Waals surface area contributed by atoms with Gasteiger partial charge in [0.25, 0.3) is 6.43 Å². The summed E-state index contributed by atoms with van der Waals surface area (Å²) >= 11 is 0. The molecule has 2 N–H and O–H groups in total. The van der Waals surface area contributed by atoms with E-state index in [1.165, 1.54) is 0 Å². The van der Waals surface area contributed by atoms with Crippen LogP contribution in [0.5, 0.6) is 5.75 Å². The minimum Gasteiger partial charge on any atom is -0.494 e. The van der Waals surface area contributed by atoms with Gasteiger partial charge in [-0.05, 0) is 25.1 Å². The summed E-state index contributed by atoms with van der Waals surface area (Å²) in [5, 5.41) is 11.6. The molecule has 0 spiro atoms. The zero-order valence-electron chi connectivity index (χ0n) is 9.48. The summed E-state index contributed by atoms with van der Waals surface area (Å²) in [6, 6.07) is 9.38. The van der Waals surface area contributed by atoms with Crippen molar-refractivity contribution in [1.82, 2.24) is 5.32 Å². The molecule has 1 aromatic carbocycles. The molecule has 0 fully saturated rings. The van der Waals surface area contributed by atoms with Crippen LogP contribution in [-0.2, 0) is 0 Å². The van der Waals surface area contributed by atoms with E-state index in [-0.39, 0.29) is 6.54 Å². The number of benzene rings is 1. The number of aliphatic hydroxyl groups is 1. The Labute approximate surface area is 99.4 Å². The van der Waals surface area contributed by atoms with Crippen LogP contribution in [0.4, 0.5) is 8.78 Å². The van der Waals surface area contributed by atoms with Crippen LogP contribution in [0, 0.1) is 0 Å². The summed E-state index contributed by atoms with van der Waals surface area (Å²) in [6.45, 7) is 0.960. The molecule has 0 saturated carbocycles. The Morgan fingerprint density at radius 1 is 1.24 bits per heavy atom. The molecule has 17 heavy (non-hydrogen) atoms.